The summed E-state index contributed by atoms with van der Waals surface area (Å²) in [6, 6.07) is 0.671. The van der Waals surface area contributed by atoms with Crippen molar-refractivity contribution in [3.8, 4) is 0 Å². The summed E-state index contributed by atoms with van der Waals surface area (Å²) in [5.74, 6) is 1.83. The summed E-state index contributed by atoms with van der Waals surface area (Å²) in [6.45, 7) is 9.58. The van der Waals surface area contributed by atoms with Gasteiger partial charge in [-0.25, -0.2) is 0 Å². The van der Waals surface area contributed by atoms with Crippen LogP contribution in [0.4, 0.5) is 0 Å². The van der Waals surface area contributed by atoms with E-state index < -0.39 is 0 Å². The summed E-state index contributed by atoms with van der Waals surface area (Å²) in [7, 11) is 0. The van der Waals surface area contributed by atoms with E-state index in [0.29, 0.717) is 6.04 Å². The molecular weight excluding hydrogens is 158 g/mol. The molecule has 2 unspecified atom stereocenters. The van der Waals surface area contributed by atoms with Gasteiger partial charge in [-0.15, -0.1) is 6.58 Å². The Morgan fingerprint density at radius 3 is 2.69 bits per heavy atom. The number of hydrogen-bond donors (Lipinski definition) is 1. The Morgan fingerprint density at radius 1 is 1.54 bits per heavy atom. The summed E-state index contributed by atoms with van der Waals surface area (Å²) in [5.41, 5.74) is 0. The molecule has 1 saturated carbocycles. The van der Waals surface area contributed by atoms with Gasteiger partial charge in [0.05, 0.1) is 0 Å². The van der Waals surface area contributed by atoms with Crippen LogP contribution in [0.3, 0.4) is 0 Å². The van der Waals surface area contributed by atoms with Gasteiger partial charge in [0.1, 0.15) is 0 Å². The lowest BCUT2D eigenvalue weighted by Gasteiger charge is -2.23. The Morgan fingerprint density at radius 2 is 2.23 bits per heavy atom. The highest BCUT2D eigenvalue weighted by Gasteiger charge is 2.32. The molecule has 0 aromatic rings. The molecule has 1 N–H and O–H groups in total. The van der Waals surface area contributed by atoms with E-state index in [1.165, 1.54) is 19.3 Å². The lowest BCUT2D eigenvalue weighted by atomic mass is 9.94. The third-order valence-corrected chi connectivity index (χ3v) is 3.08. The van der Waals surface area contributed by atoms with Crippen LogP contribution < -0.4 is 5.32 Å². The minimum atomic E-state index is 0.671. The molecule has 0 saturated heterocycles. The molecule has 2 atom stereocenters. The minimum Gasteiger partial charge on any atom is -0.313 e. The fourth-order valence-electron chi connectivity index (χ4n) is 1.94. The van der Waals surface area contributed by atoms with Crippen LogP contribution in [0.25, 0.3) is 0 Å². The van der Waals surface area contributed by atoms with E-state index in [1.54, 1.807) is 0 Å². The molecule has 1 heteroatoms. The highest BCUT2D eigenvalue weighted by atomic mass is 14.9. The quantitative estimate of drug-likeness (QED) is 0.595. The van der Waals surface area contributed by atoms with Crippen molar-refractivity contribution in [2.75, 3.05) is 6.54 Å². The van der Waals surface area contributed by atoms with Crippen LogP contribution >= 0.6 is 0 Å². The molecule has 1 fully saturated rings. The number of rotatable bonds is 7. The highest BCUT2D eigenvalue weighted by Crippen LogP contribution is 2.38. The van der Waals surface area contributed by atoms with Gasteiger partial charge in [-0.2, -0.15) is 0 Å². The maximum absolute atomic E-state index is 3.83. The monoisotopic (exact) mass is 181 g/mol. The topological polar surface area (TPSA) is 12.0 Å². The molecule has 1 aliphatic rings. The Balaban J connectivity index is 2.30. The molecule has 0 radical (unpaired) electrons. The van der Waals surface area contributed by atoms with Gasteiger partial charge in [-0.3, -0.25) is 0 Å². The molecule has 0 spiro atoms. The average Bonchev–Trinajstić information content (AvgIpc) is 2.94. The van der Waals surface area contributed by atoms with Crippen LogP contribution in [0.1, 0.15) is 39.5 Å². The van der Waals surface area contributed by atoms with E-state index in [9.17, 15) is 0 Å². The third kappa shape index (κ3) is 3.51. The van der Waals surface area contributed by atoms with Gasteiger partial charge in [0.15, 0.2) is 0 Å². The molecule has 13 heavy (non-hydrogen) atoms. The SMILES string of the molecule is C=CCC(NCCC)C(C)C1CC1. The van der Waals surface area contributed by atoms with E-state index in [4.69, 9.17) is 0 Å². The van der Waals surface area contributed by atoms with Crippen molar-refractivity contribution < 1.29 is 0 Å². The second kappa shape index (κ2) is 5.43. The van der Waals surface area contributed by atoms with Gasteiger partial charge in [0.2, 0.25) is 0 Å². The van der Waals surface area contributed by atoms with E-state index >= 15 is 0 Å². The Hall–Kier alpha value is -0.300. The molecule has 0 amide bonds. The Bertz CT molecular complexity index is 149. The van der Waals surface area contributed by atoms with Crippen LogP contribution in [-0.2, 0) is 0 Å². The lowest BCUT2D eigenvalue weighted by Crippen LogP contribution is -2.36. The van der Waals surface area contributed by atoms with Crippen LogP contribution in [0, 0.1) is 11.8 Å². The van der Waals surface area contributed by atoms with Crippen LogP contribution in [-0.4, -0.2) is 12.6 Å². The smallest absolute Gasteiger partial charge is 0.0130 e. The normalized spacial score (nSPS) is 21.1. The number of hydrogen-bond acceptors (Lipinski definition) is 1. The first kappa shape index (κ1) is 10.8. The van der Waals surface area contributed by atoms with Crippen LogP contribution in [0.2, 0.25) is 0 Å². The van der Waals surface area contributed by atoms with Gasteiger partial charge in [0.25, 0.3) is 0 Å². The van der Waals surface area contributed by atoms with Crippen molar-refractivity contribution in [3.05, 3.63) is 12.7 Å². The second-order valence-electron chi connectivity index (χ2n) is 4.28. The third-order valence-electron chi connectivity index (χ3n) is 3.08. The van der Waals surface area contributed by atoms with Gasteiger partial charge < -0.3 is 5.32 Å². The summed E-state index contributed by atoms with van der Waals surface area (Å²) >= 11 is 0. The van der Waals surface area contributed by atoms with Crippen molar-refractivity contribution in [2.45, 2.75) is 45.6 Å². The molecule has 0 aromatic heterocycles. The summed E-state index contributed by atoms with van der Waals surface area (Å²) < 4.78 is 0. The first-order chi connectivity index (χ1) is 6.29. The van der Waals surface area contributed by atoms with Gasteiger partial charge in [-0.05, 0) is 44.1 Å². The van der Waals surface area contributed by atoms with Gasteiger partial charge in [0, 0.05) is 6.04 Å². The molecule has 76 valence electrons. The predicted molar refractivity (Wildman–Crippen MR) is 58.8 cm³/mol. The lowest BCUT2D eigenvalue weighted by molar-refractivity contribution is 0.344. The molecular formula is C12H23N. The molecule has 1 rings (SSSR count). The molecule has 1 aliphatic carbocycles. The van der Waals surface area contributed by atoms with E-state index in [0.717, 1.165) is 24.8 Å². The van der Waals surface area contributed by atoms with Crippen molar-refractivity contribution >= 4 is 0 Å². The van der Waals surface area contributed by atoms with E-state index in [-0.39, 0.29) is 0 Å². The first-order valence-corrected chi connectivity index (χ1v) is 5.63. The number of nitrogens with one attached hydrogen (secondary N) is 1. The summed E-state index contributed by atoms with van der Waals surface area (Å²) in [6.07, 6.45) is 7.29. The fourth-order valence-corrected chi connectivity index (χ4v) is 1.94. The molecule has 0 aromatic carbocycles. The Labute approximate surface area is 82.6 Å². The zero-order chi connectivity index (χ0) is 9.68. The maximum atomic E-state index is 3.83. The van der Waals surface area contributed by atoms with Crippen molar-refractivity contribution in [1.82, 2.24) is 5.32 Å². The van der Waals surface area contributed by atoms with Gasteiger partial charge in [-0.1, -0.05) is 19.9 Å². The first-order valence-electron chi connectivity index (χ1n) is 5.63. The van der Waals surface area contributed by atoms with Crippen molar-refractivity contribution in [1.29, 1.82) is 0 Å². The Kier molecular flexibility index (Phi) is 4.51. The van der Waals surface area contributed by atoms with E-state index in [2.05, 4.69) is 25.7 Å². The average molecular weight is 181 g/mol. The largest absolute Gasteiger partial charge is 0.313 e. The molecule has 0 bridgehead atoms. The predicted octanol–water partition coefficient (Wildman–Crippen LogP) is 2.98. The summed E-state index contributed by atoms with van der Waals surface area (Å²) in [5, 5.41) is 3.62. The standard InChI is InChI=1S/C12H23N/c1-4-6-12(13-9-5-2)10(3)11-7-8-11/h4,10-13H,1,5-9H2,2-3H3. The zero-order valence-electron chi connectivity index (χ0n) is 9.05. The highest BCUT2D eigenvalue weighted by molar-refractivity contribution is 4.89. The summed E-state index contributed by atoms with van der Waals surface area (Å²) in [4.78, 5) is 0. The van der Waals surface area contributed by atoms with Crippen LogP contribution in [0.15, 0.2) is 12.7 Å². The van der Waals surface area contributed by atoms with E-state index in [1.807, 2.05) is 6.08 Å². The van der Waals surface area contributed by atoms with Crippen molar-refractivity contribution in [3.63, 3.8) is 0 Å². The second-order valence-corrected chi connectivity index (χ2v) is 4.28. The molecule has 1 nitrogen and oxygen atoms in total. The van der Waals surface area contributed by atoms with Crippen LogP contribution in [0.5, 0.6) is 0 Å². The fraction of sp³-hybridized carbons (Fsp3) is 0.833. The molecule has 0 heterocycles. The van der Waals surface area contributed by atoms with Crippen molar-refractivity contribution in [2.24, 2.45) is 11.8 Å². The molecule has 0 aliphatic heterocycles. The zero-order valence-corrected chi connectivity index (χ0v) is 9.05. The van der Waals surface area contributed by atoms with Gasteiger partial charge >= 0.3 is 0 Å². The minimum absolute atomic E-state index is 0.671. The maximum Gasteiger partial charge on any atom is 0.0130 e.